The molecular formula is C15H24N2O3S. The monoisotopic (exact) mass is 312 g/mol. The number of nitrogens with two attached hydrogens (primary N) is 1. The zero-order valence-corrected chi connectivity index (χ0v) is 13.9. The number of ether oxygens (including phenoxy) is 1. The van der Waals surface area contributed by atoms with E-state index in [4.69, 9.17) is 10.5 Å². The summed E-state index contributed by atoms with van der Waals surface area (Å²) >= 11 is 0. The van der Waals surface area contributed by atoms with E-state index in [9.17, 15) is 8.42 Å². The summed E-state index contributed by atoms with van der Waals surface area (Å²) in [6.07, 6.45) is -0.188. The zero-order chi connectivity index (χ0) is 15.8. The van der Waals surface area contributed by atoms with Crippen molar-refractivity contribution in [2.75, 3.05) is 13.1 Å². The first-order valence-corrected chi connectivity index (χ1v) is 8.65. The molecule has 1 heterocycles. The van der Waals surface area contributed by atoms with Gasteiger partial charge in [0.05, 0.1) is 17.1 Å². The van der Waals surface area contributed by atoms with E-state index in [-0.39, 0.29) is 12.2 Å². The summed E-state index contributed by atoms with van der Waals surface area (Å²) < 4.78 is 32.9. The van der Waals surface area contributed by atoms with Crippen LogP contribution in [0.2, 0.25) is 0 Å². The molecule has 0 aromatic heterocycles. The van der Waals surface area contributed by atoms with Crippen LogP contribution < -0.4 is 5.73 Å². The summed E-state index contributed by atoms with van der Waals surface area (Å²) in [5.41, 5.74) is 8.36. The zero-order valence-electron chi connectivity index (χ0n) is 13.1. The molecule has 1 saturated heterocycles. The van der Waals surface area contributed by atoms with Gasteiger partial charge in [0.25, 0.3) is 0 Å². The summed E-state index contributed by atoms with van der Waals surface area (Å²) in [7, 11) is -3.51. The third kappa shape index (κ3) is 3.29. The Balaban J connectivity index is 2.44. The summed E-state index contributed by atoms with van der Waals surface area (Å²) in [4.78, 5) is 0.356. The number of aryl methyl sites for hydroxylation is 2. The number of nitrogens with zero attached hydrogens (tertiary/aromatic N) is 1. The molecule has 1 aliphatic heterocycles. The van der Waals surface area contributed by atoms with E-state index >= 15 is 0 Å². The van der Waals surface area contributed by atoms with Crippen molar-refractivity contribution in [2.24, 2.45) is 5.73 Å². The molecule has 1 aliphatic rings. The van der Waals surface area contributed by atoms with E-state index in [1.807, 2.05) is 33.8 Å². The number of benzene rings is 1. The predicted molar refractivity (Wildman–Crippen MR) is 82.6 cm³/mol. The van der Waals surface area contributed by atoms with E-state index in [1.165, 1.54) is 4.31 Å². The highest BCUT2D eigenvalue weighted by atomic mass is 32.2. The van der Waals surface area contributed by atoms with Gasteiger partial charge in [0, 0.05) is 19.6 Å². The maximum absolute atomic E-state index is 12.9. The Labute approximate surface area is 127 Å². The molecule has 5 nitrogen and oxygen atoms in total. The van der Waals surface area contributed by atoms with E-state index < -0.39 is 10.0 Å². The highest BCUT2D eigenvalue weighted by Gasteiger charge is 2.33. The SMILES string of the molecule is Cc1cc(C)c(S(=O)(=O)N2CC(C)OC(C)C2)cc1CN. The lowest BCUT2D eigenvalue weighted by Gasteiger charge is -2.34. The highest BCUT2D eigenvalue weighted by Crippen LogP contribution is 2.26. The second kappa shape index (κ2) is 6.04. The van der Waals surface area contributed by atoms with Gasteiger partial charge in [0.1, 0.15) is 0 Å². The molecular weight excluding hydrogens is 288 g/mol. The summed E-state index contributed by atoms with van der Waals surface area (Å²) in [6.45, 7) is 8.68. The quantitative estimate of drug-likeness (QED) is 0.919. The lowest BCUT2D eigenvalue weighted by Crippen LogP contribution is -2.48. The molecule has 1 aromatic rings. The predicted octanol–water partition coefficient (Wildman–Crippen LogP) is 1.56. The van der Waals surface area contributed by atoms with Crippen LogP contribution in [0.25, 0.3) is 0 Å². The van der Waals surface area contributed by atoms with Crippen molar-refractivity contribution in [3.05, 3.63) is 28.8 Å². The van der Waals surface area contributed by atoms with Crippen molar-refractivity contribution in [3.8, 4) is 0 Å². The lowest BCUT2D eigenvalue weighted by atomic mass is 10.1. The van der Waals surface area contributed by atoms with Gasteiger partial charge < -0.3 is 10.5 Å². The molecule has 0 aliphatic carbocycles. The molecule has 2 unspecified atom stereocenters. The Hall–Kier alpha value is -0.950. The number of hydrogen-bond acceptors (Lipinski definition) is 4. The van der Waals surface area contributed by atoms with Crippen LogP contribution in [0.4, 0.5) is 0 Å². The van der Waals surface area contributed by atoms with E-state index in [0.29, 0.717) is 24.5 Å². The Morgan fingerprint density at radius 2 is 1.76 bits per heavy atom. The van der Waals surface area contributed by atoms with E-state index in [0.717, 1.165) is 16.7 Å². The fourth-order valence-electron chi connectivity index (χ4n) is 2.84. The van der Waals surface area contributed by atoms with Gasteiger partial charge in [-0.3, -0.25) is 0 Å². The largest absolute Gasteiger partial charge is 0.373 e. The molecule has 0 radical (unpaired) electrons. The van der Waals surface area contributed by atoms with Crippen molar-refractivity contribution < 1.29 is 13.2 Å². The topological polar surface area (TPSA) is 72.6 Å². The minimum Gasteiger partial charge on any atom is -0.373 e. The molecule has 118 valence electrons. The average molecular weight is 312 g/mol. The molecule has 0 spiro atoms. The molecule has 6 heteroatoms. The van der Waals surface area contributed by atoms with Gasteiger partial charge in [-0.2, -0.15) is 4.31 Å². The normalized spacial score (nSPS) is 24.2. The van der Waals surface area contributed by atoms with Crippen LogP contribution in [-0.4, -0.2) is 38.0 Å². The fraction of sp³-hybridized carbons (Fsp3) is 0.600. The Morgan fingerprint density at radius 1 is 1.19 bits per heavy atom. The molecule has 0 amide bonds. The molecule has 0 saturated carbocycles. The Bertz CT molecular complexity index is 618. The summed E-state index contributed by atoms with van der Waals surface area (Å²) in [6, 6.07) is 3.60. The van der Waals surface area contributed by atoms with Crippen molar-refractivity contribution in [1.29, 1.82) is 0 Å². The number of sulfonamides is 1. The first kappa shape index (κ1) is 16.4. The second-order valence-electron chi connectivity index (χ2n) is 5.83. The second-order valence-corrected chi connectivity index (χ2v) is 7.73. The molecule has 2 N–H and O–H groups in total. The average Bonchev–Trinajstić information content (AvgIpc) is 2.37. The number of morpholine rings is 1. The smallest absolute Gasteiger partial charge is 0.243 e. The molecule has 21 heavy (non-hydrogen) atoms. The first-order valence-electron chi connectivity index (χ1n) is 7.21. The van der Waals surface area contributed by atoms with Gasteiger partial charge in [-0.05, 0) is 50.5 Å². The van der Waals surface area contributed by atoms with Crippen molar-refractivity contribution in [1.82, 2.24) is 4.31 Å². The molecule has 0 bridgehead atoms. The summed E-state index contributed by atoms with van der Waals surface area (Å²) in [5.74, 6) is 0. The first-order chi connectivity index (χ1) is 9.75. The van der Waals surface area contributed by atoms with Crippen LogP contribution in [-0.2, 0) is 21.3 Å². The third-order valence-electron chi connectivity index (χ3n) is 3.86. The van der Waals surface area contributed by atoms with Crippen LogP contribution in [0, 0.1) is 13.8 Å². The number of rotatable bonds is 3. The summed E-state index contributed by atoms with van der Waals surface area (Å²) in [5, 5.41) is 0. The van der Waals surface area contributed by atoms with Gasteiger partial charge >= 0.3 is 0 Å². The Kier molecular flexibility index (Phi) is 4.72. The van der Waals surface area contributed by atoms with Crippen LogP contribution in [0.1, 0.15) is 30.5 Å². The van der Waals surface area contributed by atoms with Crippen molar-refractivity contribution >= 4 is 10.0 Å². The van der Waals surface area contributed by atoms with Crippen molar-refractivity contribution in [3.63, 3.8) is 0 Å². The van der Waals surface area contributed by atoms with Crippen LogP contribution >= 0.6 is 0 Å². The van der Waals surface area contributed by atoms with Gasteiger partial charge in [-0.1, -0.05) is 6.07 Å². The lowest BCUT2D eigenvalue weighted by molar-refractivity contribution is -0.0440. The van der Waals surface area contributed by atoms with E-state index in [1.54, 1.807) is 6.07 Å². The Morgan fingerprint density at radius 3 is 2.29 bits per heavy atom. The van der Waals surface area contributed by atoms with Gasteiger partial charge in [-0.25, -0.2) is 8.42 Å². The van der Waals surface area contributed by atoms with Gasteiger partial charge in [0.15, 0.2) is 0 Å². The van der Waals surface area contributed by atoms with Gasteiger partial charge in [0.2, 0.25) is 10.0 Å². The third-order valence-corrected chi connectivity index (χ3v) is 5.83. The van der Waals surface area contributed by atoms with Crippen molar-refractivity contribution in [2.45, 2.75) is 51.3 Å². The molecule has 1 aromatic carbocycles. The van der Waals surface area contributed by atoms with Gasteiger partial charge in [-0.15, -0.1) is 0 Å². The fourth-order valence-corrected chi connectivity index (χ4v) is 4.69. The van der Waals surface area contributed by atoms with Crippen LogP contribution in [0.15, 0.2) is 17.0 Å². The van der Waals surface area contributed by atoms with Crippen LogP contribution in [0.5, 0.6) is 0 Å². The maximum atomic E-state index is 12.9. The standard InChI is InChI=1S/C15H24N2O3S/c1-10-5-11(2)15(6-14(10)7-16)21(18,19)17-8-12(3)20-13(4)9-17/h5-6,12-13H,7-9,16H2,1-4H3. The minimum absolute atomic E-state index is 0.0942. The minimum atomic E-state index is -3.51. The van der Waals surface area contributed by atoms with Crippen LogP contribution in [0.3, 0.4) is 0 Å². The molecule has 1 fully saturated rings. The molecule has 2 rings (SSSR count). The number of hydrogen-bond donors (Lipinski definition) is 1. The maximum Gasteiger partial charge on any atom is 0.243 e. The van der Waals surface area contributed by atoms with E-state index in [2.05, 4.69) is 0 Å². The highest BCUT2D eigenvalue weighted by molar-refractivity contribution is 7.89. The molecule has 2 atom stereocenters.